The van der Waals surface area contributed by atoms with E-state index in [1.54, 1.807) is 0 Å². The molecule has 0 spiro atoms. The molecular weight excluding hydrogens is 342 g/mol. The van der Waals surface area contributed by atoms with E-state index in [9.17, 15) is 0 Å². The fraction of sp³-hybridized carbons (Fsp3) is 0.143. The lowest BCUT2D eigenvalue weighted by Gasteiger charge is -2.15. The van der Waals surface area contributed by atoms with Gasteiger partial charge < -0.3 is 5.73 Å². The van der Waals surface area contributed by atoms with Gasteiger partial charge in [0.1, 0.15) is 0 Å². The lowest BCUT2D eigenvalue weighted by atomic mass is 9.98. The zero-order valence-electron chi connectivity index (χ0n) is 9.45. The molecule has 0 aromatic heterocycles. The smallest absolute Gasteiger partial charge is 0.0562 e. The first-order chi connectivity index (χ1) is 8.09. The molecule has 0 radical (unpaired) electrons. The van der Waals surface area contributed by atoms with Crippen molar-refractivity contribution in [2.75, 3.05) is 0 Å². The average Bonchev–Trinajstić information content (AvgIpc) is 2.33. The number of hydrogen-bond acceptors (Lipinski definition) is 1. The van der Waals surface area contributed by atoms with Crippen LogP contribution in [0.4, 0.5) is 0 Å². The van der Waals surface area contributed by atoms with Crippen LogP contribution in [0.5, 0.6) is 0 Å². The number of benzene rings is 2. The van der Waals surface area contributed by atoms with Crippen LogP contribution in [0.3, 0.4) is 0 Å². The van der Waals surface area contributed by atoms with E-state index in [0.29, 0.717) is 0 Å². The second kappa shape index (κ2) is 5.34. The van der Waals surface area contributed by atoms with Crippen LogP contribution >= 0.6 is 31.9 Å². The number of aryl methyl sites for hydroxylation is 1. The summed E-state index contributed by atoms with van der Waals surface area (Å²) in [4.78, 5) is 0. The molecule has 3 heteroatoms. The lowest BCUT2D eigenvalue weighted by Crippen LogP contribution is -2.12. The molecular formula is C14H13Br2N. The van der Waals surface area contributed by atoms with Crippen LogP contribution in [0.1, 0.15) is 22.7 Å². The van der Waals surface area contributed by atoms with Gasteiger partial charge in [-0.05, 0) is 35.7 Å². The molecule has 0 aliphatic rings. The van der Waals surface area contributed by atoms with Gasteiger partial charge in [0.05, 0.1) is 6.04 Å². The third-order valence-corrected chi connectivity index (χ3v) is 4.40. The van der Waals surface area contributed by atoms with E-state index >= 15 is 0 Å². The van der Waals surface area contributed by atoms with Gasteiger partial charge in [-0.25, -0.2) is 0 Å². The van der Waals surface area contributed by atoms with Gasteiger partial charge in [-0.15, -0.1) is 0 Å². The summed E-state index contributed by atoms with van der Waals surface area (Å²) < 4.78 is 2.16. The molecule has 17 heavy (non-hydrogen) atoms. The molecule has 0 saturated carbocycles. The third-order valence-electron chi connectivity index (χ3n) is 2.79. The van der Waals surface area contributed by atoms with Crippen molar-refractivity contribution >= 4 is 31.9 Å². The number of nitrogens with two attached hydrogens (primary N) is 1. The van der Waals surface area contributed by atoms with Crippen molar-refractivity contribution in [1.29, 1.82) is 0 Å². The zero-order valence-corrected chi connectivity index (χ0v) is 12.6. The number of rotatable bonds is 2. The predicted molar refractivity (Wildman–Crippen MR) is 79.1 cm³/mol. The van der Waals surface area contributed by atoms with E-state index in [-0.39, 0.29) is 6.04 Å². The van der Waals surface area contributed by atoms with Crippen LogP contribution in [0.25, 0.3) is 0 Å². The molecule has 0 aliphatic carbocycles. The first-order valence-corrected chi connectivity index (χ1v) is 6.94. The van der Waals surface area contributed by atoms with Crippen molar-refractivity contribution in [2.45, 2.75) is 13.0 Å². The molecule has 0 bridgehead atoms. The normalized spacial score (nSPS) is 12.5. The van der Waals surface area contributed by atoms with Gasteiger partial charge in [0.15, 0.2) is 0 Å². The first-order valence-electron chi connectivity index (χ1n) is 5.35. The summed E-state index contributed by atoms with van der Waals surface area (Å²) >= 11 is 7.03. The molecule has 0 fully saturated rings. The van der Waals surface area contributed by atoms with E-state index in [1.165, 1.54) is 5.56 Å². The van der Waals surface area contributed by atoms with Gasteiger partial charge >= 0.3 is 0 Å². The monoisotopic (exact) mass is 353 g/mol. The maximum Gasteiger partial charge on any atom is 0.0562 e. The van der Waals surface area contributed by atoms with Crippen molar-refractivity contribution in [1.82, 2.24) is 0 Å². The Kier molecular flexibility index (Phi) is 4.02. The Bertz CT molecular complexity index is 520. The van der Waals surface area contributed by atoms with Crippen molar-refractivity contribution in [3.63, 3.8) is 0 Å². The van der Waals surface area contributed by atoms with Gasteiger partial charge in [-0.1, -0.05) is 62.2 Å². The highest BCUT2D eigenvalue weighted by molar-refractivity contribution is 9.10. The van der Waals surface area contributed by atoms with E-state index in [1.807, 2.05) is 30.3 Å². The van der Waals surface area contributed by atoms with Gasteiger partial charge in [0.2, 0.25) is 0 Å². The van der Waals surface area contributed by atoms with Crippen LogP contribution in [0.15, 0.2) is 51.4 Å². The maximum atomic E-state index is 6.29. The van der Waals surface area contributed by atoms with E-state index in [4.69, 9.17) is 5.73 Å². The Labute approximate surface area is 118 Å². The summed E-state index contributed by atoms with van der Waals surface area (Å²) in [6, 6.07) is 14.2. The summed E-state index contributed by atoms with van der Waals surface area (Å²) in [7, 11) is 0. The van der Waals surface area contributed by atoms with Crippen molar-refractivity contribution < 1.29 is 0 Å². The molecule has 0 heterocycles. The van der Waals surface area contributed by atoms with Crippen LogP contribution in [-0.4, -0.2) is 0 Å². The number of halogens is 2. The quantitative estimate of drug-likeness (QED) is 0.839. The van der Waals surface area contributed by atoms with Crippen LogP contribution in [0, 0.1) is 6.92 Å². The average molecular weight is 355 g/mol. The molecule has 2 aromatic carbocycles. The summed E-state index contributed by atoms with van der Waals surface area (Å²) in [6.07, 6.45) is 0. The van der Waals surface area contributed by atoms with E-state index in [2.05, 4.69) is 50.9 Å². The van der Waals surface area contributed by atoms with Crippen molar-refractivity contribution in [2.24, 2.45) is 5.73 Å². The van der Waals surface area contributed by atoms with Gasteiger partial charge in [-0.2, -0.15) is 0 Å². The zero-order chi connectivity index (χ0) is 12.4. The Balaban J connectivity index is 2.40. The Morgan fingerprint density at radius 3 is 2.29 bits per heavy atom. The minimum atomic E-state index is -0.0997. The molecule has 0 saturated heterocycles. The topological polar surface area (TPSA) is 26.0 Å². The lowest BCUT2D eigenvalue weighted by molar-refractivity contribution is 0.863. The molecule has 1 atom stereocenters. The highest BCUT2D eigenvalue weighted by Gasteiger charge is 2.12. The Morgan fingerprint density at radius 1 is 1.00 bits per heavy atom. The summed E-state index contributed by atoms with van der Waals surface area (Å²) in [6.45, 7) is 2.07. The van der Waals surface area contributed by atoms with Gasteiger partial charge in [-0.3, -0.25) is 0 Å². The van der Waals surface area contributed by atoms with Crippen LogP contribution in [-0.2, 0) is 0 Å². The molecule has 88 valence electrons. The maximum absolute atomic E-state index is 6.29. The van der Waals surface area contributed by atoms with Crippen molar-refractivity contribution in [3.8, 4) is 0 Å². The van der Waals surface area contributed by atoms with Crippen LogP contribution in [0.2, 0.25) is 0 Å². The fourth-order valence-electron chi connectivity index (χ4n) is 1.76. The highest BCUT2D eigenvalue weighted by atomic mass is 79.9. The fourth-order valence-corrected chi connectivity index (χ4v) is 2.54. The summed E-state index contributed by atoms with van der Waals surface area (Å²) in [5, 5.41) is 0. The number of hydrogen-bond donors (Lipinski definition) is 1. The van der Waals surface area contributed by atoms with E-state index in [0.717, 1.165) is 20.1 Å². The Hall–Kier alpha value is -0.640. The van der Waals surface area contributed by atoms with Gasteiger partial charge in [0.25, 0.3) is 0 Å². The molecule has 0 amide bonds. The molecule has 2 rings (SSSR count). The largest absolute Gasteiger partial charge is 0.320 e. The second-order valence-corrected chi connectivity index (χ2v) is 5.72. The molecule has 2 aromatic rings. The van der Waals surface area contributed by atoms with E-state index < -0.39 is 0 Å². The van der Waals surface area contributed by atoms with Crippen molar-refractivity contribution in [3.05, 3.63) is 68.1 Å². The second-order valence-electron chi connectivity index (χ2n) is 4.01. The van der Waals surface area contributed by atoms with Crippen LogP contribution < -0.4 is 5.73 Å². The summed E-state index contributed by atoms with van der Waals surface area (Å²) in [5.74, 6) is 0. The molecule has 1 unspecified atom stereocenters. The SMILES string of the molecule is Cc1cccc(C(N)c2ccc(Br)cc2)c1Br. The molecule has 0 aliphatic heterocycles. The Morgan fingerprint density at radius 2 is 1.65 bits per heavy atom. The summed E-state index contributed by atoms with van der Waals surface area (Å²) in [5.41, 5.74) is 9.72. The van der Waals surface area contributed by atoms with Gasteiger partial charge in [0, 0.05) is 8.95 Å². The first kappa shape index (κ1) is 12.8. The molecule has 1 nitrogen and oxygen atoms in total. The predicted octanol–water partition coefficient (Wildman–Crippen LogP) is 4.57. The minimum Gasteiger partial charge on any atom is -0.320 e. The third kappa shape index (κ3) is 2.79. The standard InChI is InChI=1S/C14H13Br2N/c1-9-3-2-4-12(13(9)16)14(17)10-5-7-11(15)8-6-10/h2-8,14H,17H2,1H3. The minimum absolute atomic E-state index is 0.0997. The highest BCUT2D eigenvalue weighted by Crippen LogP contribution is 2.29. The molecule has 2 N–H and O–H groups in total.